The van der Waals surface area contributed by atoms with Crippen molar-refractivity contribution in [3.8, 4) is 11.1 Å². The van der Waals surface area contributed by atoms with Gasteiger partial charge in [-0.2, -0.15) is 4.98 Å². The second-order valence-electron chi connectivity index (χ2n) is 11.7. The van der Waals surface area contributed by atoms with Crippen LogP contribution in [0.2, 0.25) is 5.02 Å². The van der Waals surface area contributed by atoms with Crippen molar-refractivity contribution >= 4 is 72.8 Å². The Kier molecular flexibility index (Phi) is 8.82. The molecule has 0 radical (unpaired) electrons. The zero-order valence-corrected chi connectivity index (χ0v) is 27.3. The second kappa shape index (κ2) is 13.0. The van der Waals surface area contributed by atoms with Crippen molar-refractivity contribution in [3.05, 3.63) is 39.5 Å². The van der Waals surface area contributed by atoms with E-state index < -0.39 is 0 Å². The maximum atomic E-state index is 14.8. The van der Waals surface area contributed by atoms with Crippen molar-refractivity contribution in [1.29, 1.82) is 0 Å². The number of rotatable bonds is 8. The van der Waals surface area contributed by atoms with Gasteiger partial charge in [-0.05, 0) is 56.8 Å². The lowest BCUT2D eigenvalue weighted by Gasteiger charge is -2.34. The Morgan fingerprint density at radius 2 is 2.11 bits per heavy atom. The number of hydrogen-bond acceptors (Lipinski definition) is 11. The zero-order valence-electron chi connectivity index (χ0n) is 24.9. The molecule has 0 aliphatic carbocycles. The summed E-state index contributed by atoms with van der Waals surface area (Å²) in [6, 6.07) is 8.32. The van der Waals surface area contributed by atoms with Gasteiger partial charge in [0.1, 0.15) is 11.6 Å². The lowest BCUT2D eigenvalue weighted by molar-refractivity contribution is 0.208. The number of benzene rings is 2. The average molecular weight is 669 g/mol. The summed E-state index contributed by atoms with van der Waals surface area (Å²) < 4.78 is 22.1. The fraction of sp³-hybridized carbons (Fsp3) is 0.484. The molecule has 14 heteroatoms. The molecule has 3 aliphatic rings. The maximum absolute atomic E-state index is 14.8. The SMILES string of the molecule is COCCN=C=NC1CCN(c2nc(=O)n3c4c(c(-c5ccc(F)c6sc(N)nc56)c(Cl)cc24)SC[C@@H]3CC2CCCN2)CC1. The topological polar surface area (TPSA) is 123 Å². The van der Waals surface area contributed by atoms with Gasteiger partial charge in [-0.25, -0.2) is 24.2 Å². The van der Waals surface area contributed by atoms with Crippen molar-refractivity contribution in [1.82, 2.24) is 19.9 Å². The number of fused-ring (bicyclic) bond motifs is 1. The highest BCUT2D eigenvalue weighted by Crippen LogP contribution is 2.50. The first-order valence-corrected chi connectivity index (χ1v) is 17.5. The Hall–Kier alpha value is -3.06. The van der Waals surface area contributed by atoms with E-state index in [4.69, 9.17) is 27.1 Å². The van der Waals surface area contributed by atoms with Crippen molar-refractivity contribution in [2.45, 2.75) is 55.1 Å². The van der Waals surface area contributed by atoms with Gasteiger partial charge in [-0.3, -0.25) is 4.57 Å². The smallest absolute Gasteiger partial charge is 0.350 e. The van der Waals surface area contributed by atoms with Crippen molar-refractivity contribution in [2.75, 3.05) is 56.3 Å². The van der Waals surface area contributed by atoms with E-state index in [-0.39, 0.29) is 28.7 Å². The normalized spacial score (nSPS) is 20.2. The molecule has 7 rings (SSSR count). The molecule has 2 atom stereocenters. The third kappa shape index (κ3) is 5.86. The summed E-state index contributed by atoms with van der Waals surface area (Å²) in [4.78, 5) is 34.9. The molecular weight excluding hydrogens is 635 g/mol. The Morgan fingerprint density at radius 3 is 2.89 bits per heavy atom. The number of aliphatic imine (C=N–C) groups is 2. The van der Waals surface area contributed by atoms with Crippen molar-refractivity contribution in [2.24, 2.45) is 9.98 Å². The first-order chi connectivity index (χ1) is 21.9. The van der Waals surface area contributed by atoms with Gasteiger partial charge in [0.2, 0.25) is 0 Å². The van der Waals surface area contributed by atoms with Gasteiger partial charge >= 0.3 is 5.69 Å². The second-order valence-corrected chi connectivity index (χ2v) is 14.2. The summed E-state index contributed by atoms with van der Waals surface area (Å²) in [7, 11) is 1.64. The fourth-order valence-electron chi connectivity index (χ4n) is 6.72. The molecule has 0 spiro atoms. The maximum Gasteiger partial charge on any atom is 0.350 e. The van der Waals surface area contributed by atoms with Gasteiger partial charge in [0.15, 0.2) is 5.13 Å². The summed E-state index contributed by atoms with van der Waals surface area (Å²) in [5.41, 5.74) is 8.52. The minimum absolute atomic E-state index is 0.0238. The van der Waals surface area contributed by atoms with Gasteiger partial charge in [0, 0.05) is 59.4 Å². The number of nitrogens with zero attached hydrogens (tertiary/aromatic N) is 6. The van der Waals surface area contributed by atoms with Gasteiger partial charge in [0.25, 0.3) is 0 Å². The van der Waals surface area contributed by atoms with Crippen LogP contribution in [0.4, 0.5) is 15.3 Å². The predicted molar refractivity (Wildman–Crippen MR) is 181 cm³/mol. The predicted octanol–water partition coefficient (Wildman–Crippen LogP) is 5.63. The highest BCUT2D eigenvalue weighted by atomic mass is 35.5. The van der Waals surface area contributed by atoms with E-state index in [0.29, 0.717) is 64.7 Å². The number of thiazole rings is 1. The monoisotopic (exact) mass is 668 g/mol. The fourth-order valence-corrected chi connectivity index (χ4v) is 9.20. The van der Waals surface area contributed by atoms with Crippen LogP contribution in [0.5, 0.6) is 0 Å². The third-order valence-electron chi connectivity index (χ3n) is 8.86. The van der Waals surface area contributed by atoms with E-state index in [1.54, 1.807) is 24.9 Å². The Balaban J connectivity index is 1.34. The molecule has 4 aromatic rings. The van der Waals surface area contributed by atoms with E-state index in [1.807, 2.05) is 10.6 Å². The summed E-state index contributed by atoms with van der Waals surface area (Å²) in [6.07, 6.45) is 4.66. The number of nitrogen functional groups attached to an aromatic ring is 1. The molecule has 10 nitrogen and oxygen atoms in total. The van der Waals surface area contributed by atoms with E-state index in [0.717, 1.165) is 71.3 Å². The molecule has 0 saturated carbocycles. The van der Waals surface area contributed by atoms with Gasteiger partial charge < -0.3 is 20.7 Å². The molecule has 1 unspecified atom stereocenters. The molecule has 5 heterocycles. The van der Waals surface area contributed by atoms with Gasteiger partial charge in [-0.1, -0.05) is 22.9 Å². The first-order valence-electron chi connectivity index (χ1n) is 15.3. The molecule has 0 bridgehead atoms. The molecule has 2 fully saturated rings. The number of ether oxygens (including phenoxy) is 1. The van der Waals surface area contributed by atoms with Crippen molar-refractivity contribution in [3.63, 3.8) is 0 Å². The number of thioether (sulfide) groups is 1. The minimum Gasteiger partial charge on any atom is -0.383 e. The molecule has 45 heavy (non-hydrogen) atoms. The van der Waals surface area contributed by atoms with Crippen LogP contribution in [-0.4, -0.2) is 78.3 Å². The third-order valence-corrected chi connectivity index (χ3v) is 11.3. The molecule has 2 saturated heterocycles. The van der Waals surface area contributed by atoms with Crippen LogP contribution in [0.15, 0.2) is 37.9 Å². The Morgan fingerprint density at radius 1 is 1.27 bits per heavy atom. The summed E-state index contributed by atoms with van der Waals surface area (Å²) >= 11 is 9.95. The first kappa shape index (κ1) is 30.6. The number of hydrogen-bond donors (Lipinski definition) is 2. The van der Waals surface area contributed by atoms with E-state index >= 15 is 0 Å². The van der Waals surface area contributed by atoms with Crippen molar-refractivity contribution < 1.29 is 9.13 Å². The number of halogens is 2. The number of nitrogens with two attached hydrogens (primary N) is 1. The van der Waals surface area contributed by atoms with Crippen LogP contribution in [0, 0.1) is 5.82 Å². The highest BCUT2D eigenvalue weighted by molar-refractivity contribution is 7.99. The summed E-state index contributed by atoms with van der Waals surface area (Å²) in [5.74, 6) is 0.968. The molecule has 0 amide bonds. The summed E-state index contributed by atoms with van der Waals surface area (Å²) in [5, 5.41) is 5.22. The minimum atomic E-state index is -0.373. The van der Waals surface area contributed by atoms with Crippen LogP contribution in [0.3, 0.4) is 0 Å². The zero-order chi connectivity index (χ0) is 31.1. The summed E-state index contributed by atoms with van der Waals surface area (Å²) in [6.45, 7) is 3.45. The average Bonchev–Trinajstić information content (AvgIpc) is 3.70. The molecule has 2 aromatic heterocycles. The van der Waals surface area contributed by atoms with Crippen LogP contribution in [0.25, 0.3) is 32.2 Å². The molecule has 236 valence electrons. The van der Waals surface area contributed by atoms with Gasteiger partial charge in [-0.15, -0.1) is 11.8 Å². The standard InChI is InChI=1S/C31H34ClFN8O2S2/c1-43-12-9-35-16-37-17-6-10-40(11-7-17)29-21-14-22(32)24(20-4-5-23(33)27-25(20)38-30(34)45-27)28-26(21)41(31(42)39-29)19(15-44-28)13-18-3-2-8-36-18/h4-5,14,17-19,36H,2-3,6-13,15H2,1H3,(H2,34,38)/t18?,19-/m0/s1. The van der Waals surface area contributed by atoms with Crippen LogP contribution >= 0.6 is 34.7 Å². The van der Waals surface area contributed by atoms with Crippen LogP contribution in [0.1, 0.15) is 38.1 Å². The van der Waals surface area contributed by atoms with E-state index in [9.17, 15) is 9.18 Å². The molecule has 3 N–H and O–H groups in total. The Bertz CT molecular complexity index is 1880. The quantitative estimate of drug-likeness (QED) is 0.183. The number of piperidine rings is 1. The van der Waals surface area contributed by atoms with E-state index in [2.05, 4.69) is 31.2 Å². The van der Waals surface area contributed by atoms with Gasteiger partial charge in [0.05, 0.1) is 46.0 Å². The lowest BCUT2D eigenvalue weighted by atomic mass is 9.99. The number of nitrogens with one attached hydrogen (secondary N) is 1. The largest absolute Gasteiger partial charge is 0.383 e. The lowest BCUT2D eigenvalue weighted by Crippen LogP contribution is -2.40. The van der Waals surface area contributed by atoms with Crippen LogP contribution < -0.4 is 21.6 Å². The van der Waals surface area contributed by atoms with E-state index in [1.165, 1.54) is 6.07 Å². The molecule has 2 aromatic carbocycles. The Labute approximate surface area is 272 Å². The number of methoxy groups -OCH3 is 1. The van der Waals surface area contributed by atoms with Crippen LogP contribution in [-0.2, 0) is 4.74 Å². The number of anilines is 2. The molecular formula is C31H34ClFN8O2S2. The number of aromatic nitrogens is 3. The highest BCUT2D eigenvalue weighted by Gasteiger charge is 2.33. The molecule has 3 aliphatic heterocycles.